The van der Waals surface area contributed by atoms with Gasteiger partial charge in [0.2, 0.25) is 5.91 Å². The largest absolute Gasteiger partial charge is 0.508 e. The molecule has 0 heterocycles. The van der Waals surface area contributed by atoms with Crippen molar-refractivity contribution in [1.82, 2.24) is 5.32 Å². The lowest BCUT2D eigenvalue weighted by molar-refractivity contribution is -0.385. The third-order valence-electron chi connectivity index (χ3n) is 2.78. The second-order valence-electron chi connectivity index (χ2n) is 4.89. The smallest absolute Gasteiger partial charge is 0.282 e. The number of carbonyl (C=O) groups excluding carboxylic acids is 2. The van der Waals surface area contributed by atoms with E-state index in [0.717, 1.165) is 18.2 Å². The predicted octanol–water partition coefficient (Wildman–Crippen LogP) is 0.542. The minimum absolute atomic E-state index is 0.0754. The molecule has 0 radical (unpaired) electrons. The van der Waals surface area contributed by atoms with Gasteiger partial charge in [-0.3, -0.25) is 19.7 Å². The molecular formula is C12H15N3O5. The Hall–Kier alpha value is -2.64. The van der Waals surface area contributed by atoms with E-state index in [4.69, 9.17) is 5.73 Å². The lowest BCUT2D eigenvalue weighted by atomic mass is 9.92. The van der Waals surface area contributed by atoms with Crippen molar-refractivity contribution >= 4 is 17.5 Å². The summed E-state index contributed by atoms with van der Waals surface area (Å²) in [5.41, 5.74) is 3.46. The zero-order valence-electron chi connectivity index (χ0n) is 11.0. The maximum atomic E-state index is 11.9. The Morgan fingerprint density at radius 2 is 2.05 bits per heavy atom. The molecule has 108 valence electrons. The molecule has 0 aromatic heterocycles. The molecule has 8 heteroatoms. The molecule has 20 heavy (non-hydrogen) atoms. The van der Waals surface area contributed by atoms with Gasteiger partial charge in [-0.05, 0) is 26.0 Å². The Morgan fingerprint density at radius 3 is 2.55 bits per heavy atom. The third-order valence-corrected chi connectivity index (χ3v) is 2.78. The Kier molecular flexibility index (Phi) is 4.28. The van der Waals surface area contributed by atoms with Crippen molar-refractivity contribution in [2.75, 3.05) is 6.54 Å². The Bertz CT molecular complexity index is 568. The van der Waals surface area contributed by atoms with Gasteiger partial charge in [0.05, 0.1) is 10.3 Å². The molecule has 0 unspecified atom stereocenters. The van der Waals surface area contributed by atoms with Gasteiger partial charge in [-0.25, -0.2) is 0 Å². The molecule has 0 bridgehead atoms. The van der Waals surface area contributed by atoms with E-state index in [0.29, 0.717) is 0 Å². The molecule has 0 atom stereocenters. The number of phenols is 1. The highest BCUT2D eigenvalue weighted by Crippen LogP contribution is 2.23. The number of benzene rings is 1. The highest BCUT2D eigenvalue weighted by Gasteiger charge is 2.27. The van der Waals surface area contributed by atoms with Crippen LogP contribution in [0.15, 0.2) is 18.2 Å². The van der Waals surface area contributed by atoms with E-state index < -0.39 is 27.8 Å². The number of nitro groups is 1. The lowest BCUT2D eigenvalue weighted by Gasteiger charge is -2.20. The summed E-state index contributed by atoms with van der Waals surface area (Å²) in [5.74, 6) is -1.64. The van der Waals surface area contributed by atoms with Crippen LogP contribution in [-0.4, -0.2) is 28.4 Å². The van der Waals surface area contributed by atoms with Gasteiger partial charge in [0.25, 0.3) is 11.6 Å². The summed E-state index contributed by atoms with van der Waals surface area (Å²) in [6, 6.07) is 3.14. The van der Waals surface area contributed by atoms with E-state index in [1.165, 1.54) is 13.8 Å². The van der Waals surface area contributed by atoms with E-state index >= 15 is 0 Å². The topological polar surface area (TPSA) is 136 Å². The zero-order valence-corrected chi connectivity index (χ0v) is 11.0. The molecule has 4 N–H and O–H groups in total. The van der Waals surface area contributed by atoms with Crippen molar-refractivity contribution in [3.8, 4) is 5.75 Å². The highest BCUT2D eigenvalue weighted by molar-refractivity contribution is 5.98. The van der Waals surface area contributed by atoms with Crippen LogP contribution in [0.5, 0.6) is 5.75 Å². The van der Waals surface area contributed by atoms with Crippen molar-refractivity contribution in [1.29, 1.82) is 0 Å². The number of hydrogen-bond donors (Lipinski definition) is 3. The van der Waals surface area contributed by atoms with Crippen molar-refractivity contribution in [3.05, 3.63) is 33.9 Å². The summed E-state index contributed by atoms with van der Waals surface area (Å²) in [7, 11) is 0. The molecule has 1 aromatic rings. The molecule has 1 rings (SSSR count). The molecule has 0 fully saturated rings. The van der Waals surface area contributed by atoms with Crippen LogP contribution >= 0.6 is 0 Å². The summed E-state index contributed by atoms with van der Waals surface area (Å²) in [4.78, 5) is 33.1. The average molecular weight is 281 g/mol. The number of phenolic OH excluding ortho intramolecular Hbond substituents is 1. The van der Waals surface area contributed by atoms with Crippen molar-refractivity contribution < 1.29 is 19.6 Å². The van der Waals surface area contributed by atoms with Crippen LogP contribution in [-0.2, 0) is 4.79 Å². The molecular weight excluding hydrogens is 266 g/mol. The van der Waals surface area contributed by atoms with Gasteiger partial charge in [-0.15, -0.1) is 0 Å². The molecule has 0 spiro atoms. The van der Waals surface area contributed by atoms with E-state index in [1.54, 1.807) is 0 Å². The first-order chi connectivity index (χ1) is 9.15. The van der Waals surface area contributed by atoms with Gasteiger partial charge < -0.3 is 16.2 Å². The fourth-order valence-corrected chi connectivity index (χ4v) is 1.35. The van der Waals surface area contributed by atoms with Gasteiger partial charge >= 0.3 is 0 Å². The first kappa shape index (κ1) is 15.4. The minimum atomic E-state index is -0.985. The number of aromatic hydroxyl groups is 1. The number of hydrogen-bond acceptors (Lipinski definition) is 5. The van der Waals surface area contributed by atoms with Gasteiger partial charge in [-0.1, -0.05) is 0 Å². The SMILES string of the molecule is CC(C)(CNC(=O)c1cc(O)ccc1[N+](=O)[O-])C(N)=O. The number of primary amides is 1. The van der Waals surface area contributed by atoms with E-state index in [1.807, 2.05) is 0 Å². The third kappa shape index (κ3) is 3.44. The number of carbonyl (C=O) groups is 2. The van der Waals surface area contributed by atoms with Crippen LogP contribution in [0.2, 0.25) is 0 Å². The average Bonchev–Trinajstić information content (AvgIpc) is 2.35. The second-order valence-corrected chi connectivity index (χ2v) is 4.89. The maximum absolute atomic E-state index is 11.9. The zero-order chi connectivity index (χ0) is 15.5. The van der Waals surface area contributed by atoms with Crippen LogP contribution in [0.1, 0.15) is 24.2 Å². The minimum Gasteiger partial charge on any atom is -0.508 e. The van der Waals surface area contributed by atoms with Gasteiger partial charge in [-0.2, -0.15) is 0 Å². The molecule has 0 saturated carbocycles. The number of amides is 2. The molecule has 0 aliphatic rings. The Balaban J connectivity index is 2.96. The Labute approximate surface area is 114 Å². The highest BCUT2D eigenvalue weighted by atomic mass is 16.6. The second kappa shape index (κ2) is 5.55. The molecule has 1 aromatic carbocycles. The van der Waals surface area contributed by atoms with E-state index in [9.17, 15) is 24.8 Å². The standard InChI is InChI=1S/C12H15N3O5/c1-12(2,11(13)18)6-14-10(17)8-5-7(16)3-4-9(8)15(19)20/h3-5,16H,6H2,1-2H3,(H2,13,18)(H,14,17). The van der Waals surface area contributed by atoms with Crippen LogP contribution in [0.25, 0.3) is 0 Å². The van der Waals surface area contributed by atoms with Crippen molar-refractivity contribution in [3.63, 3.8) is 0 Å². The fraction of sp³-hybridized carbons (Fsp3) is 0.333. The molecule has 2 amide bonds. The molecule has 0 aliphatic heterocycles. The number of nitrogens with zero attached hydrogens (tertiary/aromatic N) is 1. The summed E-state index contributed by atoms with van der Waals surface area (Å²) < 4.78 is 0. The lowest BCUT2D eigenvalue weighted by Crippen LogP contribution is -2.42. The van der Waals surface area contributed by atoms with E-state index in [-0.39, 0.29) is 17.9 Å². The molecule has 8 nitrogen and oxygen atoms in total. The molecule has 0 aliphatic carbocycles. The van der Waals surface area contributed by atoms with Crippen LogP contribution in [0.3, 0.4) is 0 Å². The van der Waals surface area contributed by atoms with E-state index in [2.05, 4.69) is 5.32 Å². The fourth-order valence-electron chi connectivity index (χ4n) is 1.35. The predicted molar refractivity (Wildman–Crippen MR) is 70.1 cm³/mol. The summed E-state index contributed by atoms with van der Waals surface area (Å²) in [6.07, 6.45) is 0. The monoisotopic (exact) mass is 281 g/mol. The quantitative estimate of drug-likeness (QED) is 0.534. The van der Waals surface area contributed by atoms with Crippen molar-refractivity contribution in [2.45, 2.75) is 13.8 Å². The number of rotatable bonds is 5. The van der Waals surface area contributed by atoms with Gasteiger partial charge in [0, 0.05) is 12.6 Å². The number of nitro benzene ring substituents is 1. The van der Waals surface area contributed by atoms with Gasteiger partial charge in [0.15, 0.2) is 0 Å². The van der Waals surface area contributed by atoms with Gasteiger partial charge in [0.1, 0.15) is 11.3 Å². The summed E-state index contributed by atoms with van der Waals surface area (Å²) in [5, 5.41) is 22.5. The molecule has 0 saturated heterocycles. The summed E-state index contributed by atoms with van der Waals surface area (Å²) >= 11 is 0. The van der Waals surface area contributed by atoms with Crippen molar-refractivity contribution in [2.24, 2.45) is 11.1 Å². The van der Waals surface area contributed by atoms with Crippen LogP contribution in [0, 0.1) is 15.5 Å². The normalized spacial score (nSPS) is 10.9. The Morgan fingerprint density at radius 1 is 1.45 bits per heavy atom. The first-order valence-electron chi connectivity index (χ1n) is 5.70. The number of nitrogens with two attached hydrogens (primary N) is 1. The van der Waals surface area contributed by atoms with Crippen LogP contribution < -0.4 is 11.1 Å². The summed E-state index contributed by atoms with van der Waals surface area (Å²) in [6.45, 7) is 2.99. The number of nitrogens with one attached hydrogen (secondary N) is 1. The first-order valence-corrected chi connectivity index (χ1v) is 5.70. The maximum Gasteiger partial charge on any atom is 0.282 e. The van der Waals surface area contributed by atoms with Crippen LogP contribution in [0.4, 0.5) is 5.69 Å².